The number of nitrogens with zero attached hydrogens (tertiary/aromatic N) is 4. The molecule has 2 saturated heterocycles. The van der Waals surface area contributed by atoms with Crippen LogP contribution >= 0.6 is 0 Å². The van der Waals surface area contributed by atoms with Crippen molar-refractivity contribution in [3.63, 3.8) is 0 Å². The van der Waals surface area contributed by atoms with Gasteiger partial charge in [-0.1, -0.05) is 7.43 Å². The summed E-state index contributed by atoms with van der Waals surface area (Å²) >= 11 is 0. The number of hydrogen-bond acceptors (Lipinski definition) is 7. The summed E-state index contributed by atoms with van der Waals surface area (Å²) in [6.45, 7) is 8.36. The number of rotatable bonds is 3. The Kier molecular flexibility index (Phi) is 5.96. The number of aromatic nitrogens is 4. The molecule has 0 aliphatic carbocycles. The zero-order chi connectivity index (χ0) is 21.8. The summed E-state index contributed by atoms with van der Waals surface area (Å²) in [4.78, 5) is 12.0. The van der Waals surface area contributed by atoms with Gasteiger partial charge in [0, 0.05) is 35.5 Å². The number of nitrogens with two attached hydrogens (primary N) is 1. The van der Waals surface area contributed by atoms with Gasteiger partial charge in [0.1, 0.15) is 5.69 Å². The zero-order valence-corrected chi connectivity index (χ0v) is 18.4. The van der Waals surface area contributed by atoms with Crippen molar-refractivity contribution >= 4 is 16.7 Å². The lowest BCUT2D eigenvalue weighted by atomic mass is 9.73. The molecule has 1 spiro atoms. The van der Waals surface area contributed by atoms with Gasteiger partial charge in [-0.3, -0.25) is 5.10 Å². The quantitative estimate of drug-likeness (QED) is 0.576. The lowest BCUT2D eigenvalue weighted by Gasteiger charge is -2.42. The number of anilines is 1. The average Bonchev–Trinajstić information content (AvgIpc) is 3.33. The number of aryl methyl sites for hydroxylation is 2. The van der Waals surface area contributed by atoms with Crippen LogP contribution in [0, 0.1) is 19.3 Å². The summed E-state index contributed by atoms with van der Waals surface area (Å²) < 4.78 is 5.85. The molecule has 0 saturated carbocycles. The molecule has 0 unspecified atom stereocenters. The molecule has 2 atom stereocenters. The first kappa shape index (κ1) is 22.6. The Hall–Kier alpha value is -2.55. The number of aliphatic hydroxyl groups is 1. The fourth-order valence-electron chi connectivity index (χ4n) is 5.15. The molecule has 0 amide bonds. The molecule has 1 aromatic carbocycles. The number of piperidine rings is 1. The normalized spacial score (nSPS) is 22.5. The van der Waals surface area contributed by atoms with E-state index in [1.807, 2.05) is 13.1 Å². The summed E-state index contributed by atoms with van der Waals surface area (Å²) in [6, 6.07) is 4.23. The molecule has 4 heterocycles. The van der Waals surface area contributed by atoms with Crippen molar-refractivity contribution in [1.29, 1.82) is 0 Å². The van der Waals surface area contributed by atoms with Crippen LogP contribution in [0.5, 0.6) is 0 Å². The Labute approximate surface area is 189 Å². The maximum atomic E-state index is 10.1. The molecule has 2 fully saturated rings. The van der Waals surface area contributed by atoms with Crippen LogP contribution in [0.1, 0.15) is 44.1 Å². The van der Waals surface area contributed by atoms with E-state index in [-0.39, 0.29) is 31.6 Å². The number of aromatic amines is 1. The molecular formula is C24H34N6O2. The van der Waals surface area contributed by atoms with E-state index < -0.39 is 0 Å². The molecule has 2 aromatic heterocycles. The molecule has 8 nitrogen and oxygen atoms in total. The number of H-pyrrole nitrogens is 1. The van der Waals surface area contributed by atoms with Crippen LogP contribution in [-0.2, 0) is 11.3 Å². The van der Waals surface area contributed by atoms with E-state index >= 15 is 0 Å². The molecule has 5 rings (SSSR count). The average molecular weight is 439 g/mol. The van der Waals surface area contributed by atoms with Gasteiger partial charge in [0.25, 0.3) is 0 Å². The summed E-state index contributed by atoms with van der Waals surface area (Å²) in [5.41, 5.74) is 11.8. The lowest BCUT2D eigenvalue weighted by molar-refractivity contribution is 0.0973. The van der Waals surface area contributed by atoms with Crippen LogP contribution in [-0.4, -0.2) is 57.1 Å². The number of fused-ring (bicyclic) bond motifs is 1. The first-order valence-corrected chi connectivity index (χ1v) is 11.0. The molecule has 8 heteroatoms. The molecule has 4 N–H and O–H groups in total. The van der Waals surface area contributed by atoms with Gasteiger partial charge in [-0.2, -0.15) is 5.10 Å². The van der Waals surface area contributed by atoms with E-state index in [4.69, 9.17) is 20.4 Å². The van der Waals surface area contributed by atoms with Crippen molar-refractivity contribution in [1.82, 2.24) is 20.2 Å². The van der Waals surface area contributed by atoms with Gasteiger partial charge >= 0.3 is 0 Å². The summed E-state index contributed by atoms with van der Waals surface area (Å²) in [5, 5.41) is 18.3. The predicted octanol–water partition coefficient (Wildman–Crippen LogP) is 3.10. The molecule has 172 valence electrons. The third kappa shape index (κ3) is 3.56. The van der Waals surface area contributed by atoms with Gasteiger partial charge < -0.3 is 20.5 Å². The van der Waals surface area contributed by atoms with E-state index in [1.165, 1.54) is 0 Å². The predicted molar refractivity (Wildman–Crippen MR) is 127 cm³/mol. The van der Waals surface area contributed by atoms with Gasteiger partial charge in [-0.25, -0.2) is 9.97 Å². The van der Waals surface area contributed by atoms with Crippen LogP contribution in [0.4, 0.5) is 5.82 Å². The van der Waals surface area contributed by atoms with Gasteiger partial charge in [0.15, 0.2) is 5.82 Å². The minimum Gasteiger partial charge on any atom is -0.390 e. The molecule has 0 bridgehead atoms. The molecule has 2 aliphatic heterocycles. The monoisotopic (exact) mass is 438 g/mol. The van der Waals surface area contributed by atoms with E-state index in [0.29, 0.717) is 5.69 Å². The summed E-state index contributed by atoms with van der Waals surface area (Å²) in [5.74, 6) is 0.777. The third-order valence-electron chi connectivity index (χ3n) is 7.22. The standard InChI is InChI=1S/C23H30N6O2.CH4/c1-13-8-16-10-25-28-18(16)9-17(13)20-14(2)26-22(19(11-30)27-20)29-6-4-23(5-7-29)12-31-15(3)21(23)24;/h8-10,15,21,30H,4-7,11-12,24H2,1-3H3,(H,25,28);1H4/t15-,21+;/m0./s1. The Morgan fingerprint density at radius 2 is 2.00 bits per heavy atom. The maximum absolute atomic E-state index is 10.1. The number of ether oxygens (including phenoxy) is 1. The molecular weight excluding hydrogens is 404 g/mol. The second-order valence-electron chi connectivity index (χ2n) is 9.10. The SMILES string of the molecule is C.Cc1cc2cn[nH]c2cc1-c1nc(CO)c(N2CCC3(CC2)CO[C@@H](C)[C@H]3N)nc1C. The zero-order valence-electron chi connectivity index (χ0n) is 18.4. The van der Waals surface area contributed by atoms with Crippen LogP contribution in [0.25, 0.3) is 22.2 Å². The molecule has 32 heavy (non-hydrogen) atoms. The Morgan fingerprint density at radius 1 is 1.25 bits per heavy atom. The summed E-state index contributed by atoms with van der Waals surface area (Å²) in [7, 11) is 0. The second kappa shape index (κ2) is 8.42. The van der Waals surface area contributed by atoms with E-state index in [0.717, 1.165) is 71.8 Å². The topological polar surface area (TPSA) is 113 Å². The Bertz CT molecular complexity index is 1120. The van der Waals surface area contributed by atoms with Crippen molar-refractivity contribution in [2.75, 3.05) is 24.6 Å². The van der Waals surface area contributed by atoms with Crippen LogP contribution in [0.2, 0.25) is 0 Å². The van der Waals surface area contributed by atoms with Gasteiger partial charge in [-0.15, -0.1) is 0 Å². The van der Waals surface area contributed by atoms with E-state index in [9.17, 15) is 5.11 Å². The lowest BCUT2D eigenvalue weighted by Crippen LogP contribution is -2.51. The smallest absolute Gasteiger partial charge is 0.153 e. The fraction of sp³-hybridized carbons (Fsp3) is 0.542. The molecule has 3 aromatic rings. The maximum Gasteiger partial charge on any atom is 0.153 e. The van der Waals surface area contributed by atoms with E-state index in [2.05, 4.69) is 41.1 Å². The van der Waals surface area contributed by atoms with Crippen molar-refractivity contribution in [3.05, 3.63) is 35.3 Å². The van der Waals surface area contributed by atoms with Crippen molar-refractivity contribution < 1.29 is 9.84 Å². The van der Waals surface area contributed by atoms with Crippen molar-refractivity contribution in [2.45, 2.75) is 59.8 Å². The van der Waals surface area contributed by atoms with Crippen LogP contribution in [0.3, 0.4) is 0 Å². The largest absolute Gasteiger partial charge is 0.390 e. The number of nitrogens with one attached hydrogen (secondary N) is 1. The minimum absolute atomic E-state index is 0. The second-order valence-corrected chi connectivity index (χ2v) is 9.10. The highest BCUT2D eigenvalue weighted by Gasteiger charge is 2.47. The highest BCUT2D eigenvalue weighted by atomic mass is 16.5. The highest BCUT2D eigenvalue weighted by molar-refractivity contribution is 5.85. The van der Waals surface area contributed by atoms with Crippen molar-refractivity contribution in [2.24, 2.45) is 11.1 Å². The number of aliphatic hydroxyl groups excluding tert-OH is 1. The third-order valence-corrected chi connectivity index (χ3v) is 7.22. The Morgan fingerprint density at radius 3 is 2.66 bits per heavy atom. The highest BCUT2D eigenvalue weighted by Crippen LogP contribution is 2.42. The van der Waals surface area contributed by atoms with Crippen molar-refractivity contribution in [3.8, 4) is 11.3 Å². The molecule has 2 aliphatic rings. The van der Waals surface area contributed by atoms with Gasteiger partial charge in [0.2, 0.25) is 0 Å². The summed E-state index contributed by atoms with van der Waals surface area (Å²) in [6.07, 6.45) is 3.84. The van der Waals surface area contributed by atoms with Crippen LogP contribution < -0.4 is 10.6 Å². The molecule has 0 radical (unpaired) electrons. The van der Waals surface area contributed by atoms with Gasteiger partial charge in [-0.05, 0) is 51.3 Å². The fourth-order valence-corrected chi connectivity index (χ4v) is 5.15. The van der Waals surface area contributed by atoms with Crippen LogP contribution in [0.15, 0.2) is 18.3 Å². The van der Waals surface area contributed by atoms with E-state index in [1.54, 1.807) is 0 Å². The first-order chi connectivity index (χ1) is 14.9. The van der Waals surface area contributed by atoms with Gasteiger partial charge in [0.05, 0.1) is 42.4 Å². The number of benzene rings is 1. The number of hydrogen-bond donors (Lipinski definition) is 3. The minimum atomic E-state index is -0.151. The first-order valence-electron chi connectivity index (χ1n) is 11.0. The Balaban J connectivity index is 0.00000245.